The van der Waals surface area contributed by atoms with Crippen molar-refractivity contribution in [3.05, 3.63) is 24.3 Å². The van der Waals surface area contributed by atoms with E-state index in [1.54, 1.807) is 14.0 Å². The van der Waals surface area contributed by atoms with Gasteiger partial charge in [-0.3, -0.25) is 4.79 Å². The first kappa shape index (κ1) is 17.7. The second-order valence-electron chi connectivity index (χ2n) is 5.87. The zero-order valence-electron chi connectivity index (χ0n) is 13.5. The molecule has 1 amide bonds. The third kappa shape index (κ3) is 4.41. The summed E-state index contributed by atoms with van der Waals surface area (Å²) in [7, 11) is 1.60. The molecule has 0 bridgehead atoms. The number of carbonyl (C=O) groups is 2. The second kappa shape index (κ2) is 7.73. The lowest BCUT2D eigenvalue weighted by Gasteiger charge is -2.34. The largest absolute Gasteiger partial charge is 0.497 e. The number of nitrogens with one attached hydrogen (secondary N) is 1. The van der Waals surface area contributed by atoms with Crippen molar-refractivity contribution in [2.75, 3.05) is 7.11 Å². The van der Waals surface area contributed by atoms with E-state index in [0.717, 1.165) is 29.9 Å². The molecule has 0 radical (unpaired) electrons. The molecule has 126 valence electrons. The van der Waals surface area contributed by atoms with Gasteiger partial charge in [0, 0.05) is 4.90 Å². The third-order valence-electron chi connectivity index (χ3n) is 4.22. The fourth-order valence-corrected chi connectivity index (χ4v) is 3.66. The fraction of sp³-hybridized carbons (Fsp3) is 0.529. The van der Waals surface area contributed by atoms with Gasteiger partial charge in [-0.15, -0.1) is 11.8 Å². The summed E-state index contributed by atoms with van der Waals surface area (Å²) in [6.07, 6.45) is 3.72. The quantitative estimate of drug-likeness (QED) is 0.780. The number of benzene rings is 1. The Morgan fingerprint density at radius 3 is 2.35 bits per heavy atom. The van der Waals surface area contributed by atoms with Crippen LogP contribution in [0.25, 0.3) is 0 Å². The van der Waals surface area contributed by atoms with E-state index in [1.807, 2.05) is 24.3 Å². The van der Waals surface area contributed by atoms with Crippen LogP contribution < -0.4 is 10.1 Å². The maximum Gasteiger partial charge on any atom is 0.329 e. The normalized spacial score (nSPS) is 18.0. The topological polar surface area (TPSA) is 75.6 Å². The summed E-state index contributed by atoms with van der Waals surface area (Å²) in [5.74, 6) is -0.388. The molecular weight excluding hydrogens is 314 g/mol. The third-order valence-corrected chi connectivity index (χ3v) is 5.33. The van der Waals surface area contributed by atoms with Gasteiger partial charge in [-0.25, -0.2) is 4.79 Å². The highest BCUT2D eigenvalue weighted by Crippen LogP contribution is 2.30. The minimum atomic E-state index is -1.09. The highest BCUT2D eigenvalue weighted by molar-refractivity contribution is 8.00. The Morgan fingerprint density at radius 1 is 1.22 bits per heavy atom. The number of hydrogen-bond donors (Lipinski definition) is 2. The van der Waals surface area contributed by atoms with Gasteiger partial charge in [0.15, 0.2) is 0 Å². The van der Waals surface area contributed by atoms with Crippen LogP contribution >= 0.6 is 11.8 Å². The lowest BCUT2D eigenvalue weighted by Crippen LogP contribution is -2.57. The fourth-order valence-electron chi connectivity index (χ4n) is 2.80. The van der Waals surface area contributed by atoms with Crippen LogP contribution in [0, 0.1) is 0 Å². The number of hydrogen-bond acceptors (Lipinski definition) is 4. The van der Waals surface area contributed by atoms with E-state index in [2.05, 4.69) is 5.32 Å². The molecule has 23 heavy (non-hydrogen) atoms. The van der Waals surface area contributed by atoms with Gasteiger partial charge >= 0.3 is 5.97 Å². The molecule has 1 unspecified atom stereocenters. The van der Waals surface area contributed by atoms with Crippen molar-refractivity contribution in [2.45, 2.75) is 54.7 Å². The maximum absolute atomic E-state index is 12.4. The number of carboxylic acids is 1. The van der Waals surface area contributed by atoms with Gasteiger partial charge in [0.05, 0.1) is 12.4 Å². The number of carbonyl (C=O) groups excluding carboxylic acids is 1. The summed E-state index contributed by atoms with van der Waals surface area (Å²) in [6, 6.07) is 7.46. The number of amides is 1. The van der Waals surface area contributed by atoms with Crippen molar-refractivity contribution < 1.29 is 19.4 Å². The first-order valence-electron chi connectivity index (χ1n) is 7.83. The smallest absolute Gasteiger partial charge is 0.329 e. The number of rotatable bonds is 6. The molecule has 1 saturated carbocycles. The minimum absolute atomic E-state index is 0.227. The maximum atomic E-state index is 12.4. The van der Waals surface area contributed by atoms with E-state index >= 15 is 0 Å². The summed E-state index contributed by atoms with van der Waals surface area (Å²) in [4.78, 5) is 25.0. The van der Waals surface area contributed by atoms with Crippen LogP contribution in [0.4, 0.5) is 0 Å². The van der Waals surface area contributed by atoms with Crippen LogP contribution in [0.1, 0.15) is 39.0 Å². The van der Waals surface area contributed by atoms with Crippen molar-refractivity contribution in [2.24, 2.45) is 0 Å². The van der Waals surface area contributed by atoms with E-state index < -0.39 is 11.5 Å². The van der Waals surface area contributed by atoms with Gasteiger partial charge in [-0.1, -0.05) is 19.3 Å². The summed E-state index contributed by atoms with van der Waals surface area (Å²) in [5.41, 5.74) is -1.09. The monoisotopic (exact) mass is 337 g/mol. The van der Waals surface area contributed by atoms with Gasteiger partial charge < -0.3 is 15.2 Å². The summed E-state index contributed by atoms with van der Waals surface area (Å²) >= 11 is 1.41. The lowest BCUT2D eigenvalue weighted by atomic mass is 9.81. The standard InChI is InChI=1S/C17H23NO4S/c1-12(23-14-8-6-13(22-2)7-9-14)15(19)18-17(16(20)21)10-4-3-5-11-17/h6-9,12H,3-5,10-11H2,1-2H3,(H,18,19)(H,20,21). The molecule has 0 saturated heterocycles. The molecule has 1 aromatic carbocycles. The zero-order valence-corrected chi connectivity index (χ0v) is 14.3. The minimum Gasteiger partial charge on any atom is -0.497 e. The SMILES string of the molecule is COc1ccc(SC(C)C(=O)NC2(C(=O)O)CCCCC2)cc1. The van der Waals surface area contributed by atoms with Crippen LogP contribution in [-0.2, 0) is 9.59 Å². The van der Waals surface area contributed by atoms with Crippen LogP contribution in [0.3, 0.4) is 0 Å². The average Bonchev–Trinajstić information content (AvgIpc) is 2.56. The summed E-state index contributed by atoms with van der Waals surface area (Å²) in [6.45, 7) is 1.79. The lowest BCUT2D eigenvalue weighted by molar-refractivity contribution is -0.149. The van der Waals surface area contributed by atoms with Crippen molar-refractivity contribution in [1.82, 2.24) is 5.32 Å². The molecular formula is C17H23NO4S. The Bertz CT molecular complexity index is 552. The van der Waals surface area contributed by atoms with Gasteiger partial charge in [-0.2, -0.15) is 0 Å². The van der Waals surface area contributed by atoms with Crippen LogP contribution in [0.5, 0.6) is 5.75 Å². The van der Waals surface area contributed by atoms with Gasteiger partial charge in [0.2, 0.25) is 5.91 Å². The summed E-state index contributed by atoms with van der Waals surface area (Å²) < 4.78 is 5.11. The molecule has 1 aromatic rings. The number of ether oxygens (including phenoxy) is 1. The van der Waals surface area contributed by atoms with E-state index in [-0.39, 0.29) is 11.2 Å². The van der Waals surface area contributed by atoms with Crippen LogP contribution in [-0.4, -0.2) is 34.9 Å². The number of methoxy groups -OCH3 is 1. The second-order valence-corrected chi connectivity index (χ2v) is 7.29. The molecule has 2 rings (SSSR count). The molecule has 0 heterocycles. The Labute approximate surface area is 140 Å². The van der Waals surface area contributed by atoms with Gasteiger partial charge in [0.1, 0.15) is 11.3 Å². The summed E-state index contributed by atoms with van der Waals surface area (Å²) in [5, 5.41) is 12.0. The number of thioether (sulfide) groups is 1. The Kier molecular flexibility index (Phi) is 5.93. The van der Waals surface area contributed by atoms with E-state index in [1.165, 1.54) is 11.8 Å². The van der Waals surface area contributed by atoms with Crippen molar-refractivity contribution in [3.63, 3.8) is 0 Å². The van der Waals surface area contributed by atoms with E-state index in [9.17, 15) is 14.7 Å². The Morgan fingerprint density at radius 2 is 1.83 bits per heavy atom. The predicted octanol–water partition coefficient (Wildman–Crippen LogP) is 3.08. The molecule has 0 aliphatic heterocycles. The molecule has 0 aromatic heterocycles. The van der Waals surface area contributed by atoms with Crippen molar-refractivity contribution in [3.8, 4) is 5.75 Å². The molecule has 2 N–H and O–H groups in total. The molecule has 1 aliphatic rings. The van der Waals surface area contributed by atoms with Gasteiger partial charge in [-0.05, 0) is 44.0 Å². The Balaban J connectivity index is 1.99. The van der Waals surface area contributed by atoms with Gasteiger partial charge in [0.25, 0.3) is 0 Å². The van der Waals surface area contributed by atoms with E-state index in [0.29, 0.717) is 12.8 Å². The average molecular weight is 337 g/mol. The molecule has 1 aliphatic carbocycles. The van der Waals surface area contributed by atoms with Crippen LogP contribution in [0.2, 0.25) is 0 Å². The first-order valence-corrected chi connectivity index (χ1v) is 8.71. The Hall–Kier alpha value is -1.69. The first-order chi connectivity index (χ1) is 11.0. The van der Waals surface area contributed by atoms with Crippen molar-refractivity contribution in [1.29, 1.82) is 0 Å². The molecule has 1 atom stereocenters. The van der Waals surface area contributed by atoms with E-state index in [4.69, 9.17) is 4.74 Å². The molecule has 6 heteroatoms. The molecule has 1 fully saturated rings. The number of aliphatic carboxylic acids is 1. The predicted molar refractivity (Wildman–Crippen MR) is 89.9 cm³/mol. The molecule has 5 nitrogen and oxygen atoms in total. The zero-order chi connectivity index (χ0) is 16.9. The molecule has 0 spiro atoms. The highest BCUT2D eigenvalue weighted by Gasteiger charge is 2.41. The number of carboxylic acid groups (broad SMARTS) is 1. The van der Waals surface area contributed by atoms with Crippen molar-refractivity contribution >= 4 is 23.6 Å². The van der Waals surface area contributed by atoms with Crippen LogP contribution in [0.15, 0.2) is 29.2 Å². The highest BCUT2D eigenvalue weighted by atomic mass is 32.2.